The van der Waals surface area contributed by atoms with Gasteiger partial charge in [-0.15, -0.1) is 0 Å². The zero-order valence-electron chi connectivity index (χ0n) is 13.0. The molecular weight excluding hydrogens is 262 g/mol. The van der Waals surface area contributed by atoms with Gasteiger partial charge >= 0.3 is 0 Å². The minimum Gasteiger partial charge on any atom is -0.365 e. The van der Waals surface area contributed by atoms with Crippen molar-refractivity contribution in [3.05, 3.63) is 35.8 Å². The van der Waals surface area contributed by atoms with E-state index in [-0.39, 0.29) is 5.41 Å². The summed E-state index contributed by atoms with van der Waals surface area (Å²) >= 11 is 0. The SMILES string of the molecule is CC(C)(C)c1cc2c(NCC3=CCNCC3)nccn2n1. The third kappa shape index (κ3) is 3.08. The molecular formula is C16H23N5. The maximum atomic E-state index is 4.65. The summed E-state index contributed by atoms with van der Waals surface area (Å²) in [6.07, 6.45) is 7.06. The monoisotopic (exact) mass is 285 g/mol. The first-order chi connectivity index (χ1) is 10.0. The topological polar surface area (TPSA) is 54.2 Å². The zero-order valence-corrected chi connectivity index (χ0v) is 13.0. The number of fused-ring (bicyclic) bond motifs is 1. The summed E-state index contributed by atoms with van der Waals surface area (Å²) in [6, 6.07) is 2.13. The van der Waals surface area contributed by atoms with E-state index in [0.717, 1.165) is 43.1 Å². The lowest BCUT2D eigenvalue weighted by Gasteiger charge is -2.15. The molecule has 0 aromatic carbocycles. The second kappa shape index (κ2) is 5.48. The molecule has 3 heterocycles. The molecule has 21 heavy (non-hydrogen) atoms. The van der Waals surface area contributed by atoms with E-state index in [1.807, 2.05) is 10.7 Å². The number of hydrogen-bond acceptors (Lipinski definition) is 4. The molecule has 2 N–H and O–H groups in total. The van der Waals surface area contributed by atoms with Crippen LogP contribution >= 0.6 is 0 Å². The molecule has 1 aliphatic rings. The molecule has 2 aromatic heterocycles. The van der Waals surface area contributed by atoms with Crippen LogP contribution < -0.4 is 10.6 Å². The van der Waals surface area contributed by atoms with E-state index in [9.17, 15) is 0 Å². The van der Waals surface area contributed by atoms with E-state index in [1.165, 1.54) is 5.57 Å². The number of anilines is 1. The standard InChI is InChI=1S/C16H23N5/c1-16(2,3)14-10-13-15(18-8-9-21(13)20-14)19-11-12-4-6-17-7-5-12/h4,8-10,17H,5-7,11H2,1-3H3,(H,18,19). The predicted molar refractivity (Wildman–Crippen MR) is 85.7 cm³/mol. The van der Waals surface area contributed by atoms with Crippen molar-refractivity contribution in [3.8, 4) is 0 Å². The Labute approximate surface area is 125 Å². The second-order valence-corrected chi connectivity index (χ2v) is 6.56. The van der Waals surface area contributed by atoms with E-state index in [4.69, 9.17) is 0 Å². The molecule has 112 valence electrons. The fourth-order valence-corrected chi connectivity index (χ4v) is 2.45. The molecule has 5 nitrogen and oxygen atoms in total. The maximum Gasteiger partial charge on any atom is 0.152 e. The van der Waals surface area contributed by atoms with Crippen LogP contribution in [-0.2, 0) is 5.41 Å². The molecule has 0 unspecified atom stereocenters. The van der Waals surface area contributed by atoms with Crippen LogP contribution in [0.1, 0.15) is 32.9 Å². The molecule has 0 fully saturated rings. The Morgan fingerprint density at radius 3 is 2.95 bits per heavy atom. The Kier molecular flexibility index (Phi) is 3.68. The highest BCUT2D eigenvalue weighted by atomic mass is 15.2. The predicted octanol–water partition coefficient (Wildman–Crippen LogP) is 2.36. The van der Waals surface area contributed by atoms with Crippen LogP contribution in [-0.4, -0.2) is 34.2 Å². The summed E-state index contributed by atoms with van der Waals surface area (Å²) in [7, 11) is 0. The van der Waals surface area contributed by atoms with Crippen LogP contribution in [0, 0.1) is 0 Å². The first-order valence-corrected chi connectivity index (χ1v) is 7.51. The molecule has 0 aliphatic carbocycles. The Balaban J connectivity index is 1.84. The van der Waals surface area contributed by atoms with Crippen molar-refractivity contribution in [1.29, 1.82) is 0 Å². The lowest BCUT2D eigenvalue weighted by molar-refractivity contribution is 0.562. The van der Waals surface area contributed by atoms with Crippen molar-refractivity contribution in [1.82, 2.24) is 19.9 Å². The van der Waals surface area contributed by atoms with Crippen LogP contribution in [0.4, 0.5) is 5.82 Å². The minimum absolute atomic E-state index is 0.0425. The van der Waals surface area contributed by atoms with Crippen molar-refractivity contribution in [3.63, 3.8) is 0 Å². The highest BCUT2D eigenvalue weighted by Crippen LogP contribution is 2.24. The van der Waals surface area contributed by atoms with Gasteiger partial charge in [0, 0.05) is 30.9 Å². The van der Waals surface area contributed by atoms with Gasteiger partial charge < -0.3 is 10.6 Å². The molecule has 3 rings (SSSR count). The third-order valence-electron chi connectivity index (χ3n) is 3.80. The van der Waals surface area contributed by atoms with Gasteiger partial charge in [-0.2, -0.15) is 5.10 Å². The Bertz CT molecular complexity index is 663. The van der Waals surface area contributed by atoms with Gasteiger partial charge in [0.15, 0.2) is 5.82 Å². The molecule has 0 saturated carbocycles. The summed E-state index contributed by atoms with van der Waals surface area (Å²) in [6.45, 7) is 9.41. The van der Waals surface area contributed by atoms with Crippen LogP contribution in [0.15, 0.2) is 30.1 Å². The van der Waals surface area contributed by atoms with Crippen molar-refractivity contribution < 1.29 is 0 Å². The van der Waals surface area contributed by atoms with E-state index >= 15 is 0 Å². The van der Waals surface area contributed by atoms with Gasteiger partial charge in [0.1, 0.15) is 5.52 Å². The minimum atomic E-state index is 0.0425. The van der Waals surface area contributed by atoms with Crippen LogP contribution in [0.2, 0.25) is 0 Å². The van der Waals surface area contributed by atoms with Crippen molar-refractivity contribution in [2.24, 2.45) is 0 Å². The van der Waals surface area contributed by atoms with Gasteiger partial charge in [-0.3, -0.25) is 0 Å². The van der Waals surface area contributed by atoms with Gasteiger partial charge in [0.05, 0.1) is 5.69 Å². The Morgan fingerprint density at radius 2 is 2.24 bits per heavy atom. The summed E-state index contributed by atoms with van der Waals surface area (Å²) in [4.78, 5) is 4.47. The first-order valence-electron chi connectivity index (χ1n) is 7.51. The number of aromatic nitrogens is 3. The van der Waals surface area contributed by atoms with Crippen LogP contribution in [0.25, 0.3) is 5.52 Å². The van der Waals surface area contributed by atoms with Crippen molar-refractivity contribution in [2.45, 2.75) is 32.6 Å². The van der Waals surface area contributed by atoms with E-state index in [2.05, 4.69) is 53.6 Å². The lowest BCUT2D eigenvalue weighted by atomic mass is 9.92. The molecule has 0 atom stereocenters. The van der Waals surface area contributed by atoms with Crippen molar-refractivity contribution >= 4 is 11.3 Å². The maximum absolute atomic E-state index is 4.65. The summed E-state index contributed by atoms with van der Waals surface area (Å²) in [5.41, 5.74) is 3.60. The molecule has 0 radical (unpaired) electrons. The highest BCUT2D eigenvalue weighted by molar-refractivity contribution is 5.68. The summed E-state index contributed by atoms with van der Waals surface area (Å²) in [5, 5.41) is 11.4. The van der Waals surface area contributed by atoms with Crippen LogP contribution in [0.3, 0.4) is 0 Å². The van der Waals surface area contributed by atoms with E-state index in [0.29, 0.717) is 0 Å². The quantitative estimate of drug-likeness (QED) is 0.850. The molecule has 0 saturated heterocycles. The average molecular weight is 285 g/mol. The van der Waals surface area contributed by atoms with Gasteiger partial charge in [-0.25, -0.2) is 9.50 Å². The number of nitrogens with one attached hydrogen (secondary N) is 2. The highest BCUT2D eigenvalue weighted by Gasteiger charge is 2.19. The van der Waals surface area contributed by atoms with E-state index < -0.39 is 0 Å². The third-order valence-corrected chi connectivity index (χ3v) is 3.80. The fraction of sp³-hybridized carbons (Fsp3) is 0.500. The average Bonchev–Trinajstić information content (AvgIpc) is 2.91. The molecule has 0 bridgehead atoms. The molecule has 5 heteroatoms. The number of nitrogens with zero attached hydrogens (tertiary/aromatic N) is 3. The van der Waals surface area contributed by atoms with E-state index in [1.54, 1.807) is 6.20 Å². The molecule has 2 aromatic rings. The smallest absolute Gasteiger partial charge is 0.152 e. The van der Waals surface area contributed by atoms with Gasteiger partial charge in [-0.05, 0) is 19.0 Å². The Morgan fingerprint density at radius 1 is 1.38 bits per heavy atom. The normalized spacial score (nSPS) is 16.0. The first kappa shape index (κ1) is 14.1. The fourth-order valence-electron chi connectivity index (χ4n) is 2.45. The molecule has 0 spiro atoms. The van der Waals surface area contributed by atoms with Gasteiger partial charge in [0.2, 0.25) is 0 Å². The molecule has 0 amide bonds. The molecule has 1 aliphatic heterocycles. The second-order valence-electron chi connectivity index (χ2n) is 6.56. The zero-order chi connectivity index (χ0) is 14.9. The van der Waals surface area contributed by atoms with Crippen molar-refractivity contribution in [2.75, 3.05) is 25.0 Å². The largest absolute Gasteiger partial charge is 0.365 e. The summed E-state index contributed by atoms with van der Waals surface area (Å²) < 4.78 is 1.91. The summed E-state index contributed by atoms with van der Waals surface area (Å²) in [5.74, 6) is 0.903. The Hall–Kier alpha value is -1.88. The van der Waals surface area contributed by atoms with Crippen LogP contribution in [0.5, 0.6) is 0 Å². The van der Waals surface area contributed by atoms with Gasteiger partial charge in [-0.1, -0.05) is 32.4 Å². The lowest BCUT2D eigenvalue weighted by Crippen LogP contribution is -2.23. The van der Waals surface area contributed by atoms with Gasteiger partial charge in [0.25, 0.3) is 0 Å². The number of rotatable bonds is 3. The number of hydrogen-bond donors (Lipinski definition) is 2.